The smallest absolute Gasteiger partial charge is 0.258 e. The Balaban J connectivity index is 2.65. The molecule has 0 aliphatic carbocycles. The zero-order chi connectivity index (χ0) is 15.7. The number of halogens is 2. The predicted octanol–water partition coefficient (Wildman–Crippen LogP) is 3.12. The van der Waals surface area contributed by atoms with Crippen LogP contribution in [0, 0.1) is 10.1 Å². The van der Waals surface area contributed by atoms with Crippen molar-refractivity contribution >= 4 is 15.5 Å². The quantitative estimate of drug-likeness (QED) is 0.642. The number of nitro groups is 1. The molecule has 0 bridgehead atoms. The van der Waals surface area contributed by atoms with Crippen LogP contribution in [-0.2, 0) is 15.1 Å². The molecule has 0 N–H and O–H groups in total. The third kappa shape index (κ3) is 2.49. The van der Waals surface area contributed by atoms with Crippen LogP contribution in [0.4, 0.5) is 14.5 Å². The van der Waals surface area contributed by atoms with E-state index in [2.05, 4.69) is 0 Å². The summed E-state index contributed by atoms with van der Waals surface area (Å²) in [5.74, 6) is 0. The number of nitrogens with zero attached hydrogens (tertiary/aromatic N) is 1. The van der Waals surface area contributed by atoms with E-state index in [1.807, 2.05) is 0 Å². The Morgan fingerprint density at radius 2 is 1.48 bits per heavy atom. The van der Waals surface area contributed by atoms with Gasteiger partial charge in [0, 0.05) is 6.07 Å². The van der Waals surface area contributed by atoms with Crippen molar-refractivity contribution in [1.29, 1.82) is 0 Å². The normalized spacial score (nSPS) is 12.1. The van der Waals surface area contributed by atoms with E-state index >= 15 is 0 Å². The van der Waals surface area contributed by atoms with Crippen molar-refractivity contribution in [2.75, 3.05) is 0 Å². The van der Waals surface area contributed by atoms with Crippen molar-refractivity contribution in [3.63, 3.8) is 0 Å². The van der Waals surface area contributed by atoms with Crippen molar-refractivity contribution in [1.82, 2.24) is 0 Å². The van der Waals surface area contributed by atoms with E-state index in [4.69, 9.17) is 0 Å². The lowest BCUT2D eigenvalue weighted by Gasteiger charge is -2.17. The van der Waals surface area contributed by atoms with Gasteiger partial charge >= 0.3 is 5.25 Å². The van der Waals surface area contributed by atoms with Crippen molar-refractivity contribution in [3.8, 4) is 0 Å². The number of alkyl halides is 2. The van der Waals surface area contributed by atoms with E-state index in [1.165, 1.54) is 24.3 Å². The van der Waals surface area contributed by atoms with Crippen LogP contribution in [0.5, 0.6) is 0 Å². The molecule has 0 saturated carbocycles. The first kappa shape index (κ1) is 15.0. The standard InChI is InChI=1S/C13H9F2NO4S/c14-13(15,11-8-4-5-9-12(11)16(17)18)21(19,20)10-6-2-1-3-7-10/h1-9H. The van der Waals surface area contributed by atoms with E-state index in [1.54, 1.807) is 0 Å². The fourth-order valence-electron chi connectivity index (χ4n) is 1.77. The van der Waals surface area contributed by atoms with Gasteiger partial charge in [-0.05, 0) is 18.2 Å². The summed E-state index contributed by atoms with van der Waals surface area (Å²) in [5, 5.41) is 6.40. The minimum atomic E-state index is -5.09. The van der Waals surface area contributed by atoms with Crippen LogP contribution < -0.4 is 0 Å². The lowest BCUT2D eigenvalue weighted by Crippen LogP contribution is -2.27. The topological polar surface area (TPSA) is 77.3 Å². The molecule has 0 aliphatic rings. The second-order valence-electron chi connectivity index (χ2n) is 4.11. The van der Waals surface area contributed by atoms with E-state index in [0.717, 1.165) is 30.3 Å². The molecule has 0 spiro atoms. The third-order valence-corrected chi connectivity index (χ3v) is 4.59. The fourth-order valence-corrected chi connectivity index (χ4v) is 3.04. The molecule has 21 heavy (non-hydrogen) atoms. The monoisotopic (exact) mass is 313 g/mol. The van der Waals surface area contributed by atoms with Gasteiger partial charge in [0.15, 0.2) is 0 Å². The van der Waals surface area contributed by atoms with Gasteiger partial charge in [0.05, 0.1) is 9.82 Å². The third-order valence-electron chi connectivity index (χ3n) is 2.81. The predicted molar refractivity (Wildman–Crippen MR) is 70.6 cm³/mol. The summed E-state index contributed by atoms with van der Waals surface area (Å²) in [6.07, 6.45) is 0. The van der Waals surface area contributed by atoms with Crippen LogP contribution in [0.2, 0.25) is 0 Å². The average Bonchev–Trinajstić information content (AvgIpc) is 2.48. The summed E-state index contributed by atoms with van der Waals surface area (Å²) < 4.78 is 52.8. The van der Waals surface area contributed by atoms with Gasteiger partial charge in [-0.2, -0.15) is 8.78 Å². The molecular weight excluding hydrogens is 304 g/mol. The maximum absolute atomic E-state index is 14.3. The molecule has 0 aromatic heterocycles. The number of hydrogen-bond donors (Lipinski definition) is 0. The van der Waals surface area contributed by atoms with Crippen molar-refractivity contribution in [3.05, 3.63) is 70.3 Å². The Hall–Kier alpha value is -2.35. The molecule has 0 unspecified atom stereocenters. The van der Waals surface area contributed by atoms with E-state index in [-0.39, 0.29) is 0 Å². The van der Waals surface area contributed by atoms with E-state index in [9.17, 15) is 27.3 Å². The molecule has 0 heterocycles. The maximum atomic E-state index is 14.3. The zero-order valence-electron chi connectivity index (χ0n) is 10.4. The summed E-state index contributed by atoms with van der Waals surface area (Å²) in [4.78, 5) is 9.17. The van der Waals surface area contributed by atoms with Gasteiger partial charge < -0.3 is 0 Å². The highest BCUT2D eigenvalue weighted by Gasteiger charge is 2.51. The van der Waals surface area contributed by atoms with E-state index in [0.29, 0.717) is 0 Å². The number of rotatable bonds is 4. The largest absolute Gasteiger partial charge is 0.381 e. The number of para-hydroxylation sites is 1. The minimum Gasteiger partial charge on any atom is -0.258 e. The summed E-state index contributed by atoms with van der Waals surface area (Å²) in [7, 11) is -5.09. The molecule has 0 saturated heterocycles. The molecular formula is C13H9F2NO4S. The van der Waals surface area contributed by atoms with Crippen molar-refractivity contribution in [2.24, 2.45) is 0 Å². The molecule has 2 rings (SSSR count). The summed E-state index contributed by atoms with van der Waals surface area (Å²) in [6.45, 7) is 0. The maximum Gasteiger partial charge on any atom is 0.381 e. The minimum absolute atomic E-state index is 0.604. The highest BCUT2D eigenvalue weighted by Crippen LogP contribution is 2.42. The van der Waals surface area contributed by atoms with Gasteiger partial charge in [-0.15, -0.1) is 0 Å². The van der Waals surface area contributed by atoms with Crippen molar-refractivity contribution in [2.45, 2.75) is 10.2 Å². The highest BCUT2D eigenvalue weighted by atomic mass is 32.2. The van der Waals surface area contributed by atoms with Crippen LogP contribution in [-0.4, -0.2) is 13.3 Å². The average molecular weight is 313 g/mol. The number of hydrogen-bond acceptors (Lipinski definition) is 4. The Morgan fingerprint density at radius 3 is 2.05 bits per heavy atom. The number of benzene rings is 2. The zero-order valence-corrected chi connectivity index (χ0v) is 11.3. The molecule has 8 heteroatoms. The lowest BCUT2D eigenvalue weighted by molar-refractivity contribution is -0.386. The summed E-state index contributed by atoms with van der Waals surface area (Å²) >= 11 is 0. The molecule has 2 aromatic carbocycles. The molecule has 0 atom stereocenters. The lowest BCUT2D eigenvalue weighted by atomic mass is 10.2. The Morgan fingerprint density at radius 1 is 0.952 bits per heavy atom. The van der Waals surface area contributed by atoms with E-state index < -0.39 is 36.2 Å². The SMILES string of the molecule is O=[N+]([O-])c1ccccc1C(F)(F)S(=O)(=O)c1ccccc1. The Bertz CT molecular complexity index is 776. The molecule has 0 radical (unpaired) electrons. The van der Waals surface area contributed by atoms with Gasteiger partial charge in [0.25, 0.3) is 5.69 Å². The second-order valence-corrected chi connectivity index (χ2v) is 6.10. The Kier molecular flexibility index (Phi) is 3.73. The molecule has 0 fully saturated rings. The number of sulfone groups is 1. The van der Waals surface area contributed by atoms with Gasteiger partial charge in [0.2, 0.25) is 9.84 Å². The van der Waals surface area contributed by atoms with Crippen LogP contribution in [0.3, 0.4) is 0 Å². The van der Waals surface area contributed by atoms with Crippen LogP contribution in [0.25, 0.3) is 0 Å². The molecule has 110 valence electrons. The summed E-state index contributed by atoms with van der Waals surface area (Å²) in [6, 6.07) is 9.97. The van der Waals surface area contributed by atoms with Crippen LogP contribution >= 0.6 is 0 Å². The van der Waals surface area contributed by atoms with Gasteiger partial charge in [-0.25, -0.2) is 8.42 Å². The van der Waals surface area contributed by atoms with Gasteiger partial charge in [0.1, 0.15) is 5.56 Å². The van der Waals surface area contributed by atoms with Crippen LogP contribution in [0.1, 0.15) is 5.56 Å². The van der Waals surface area contributed by atoms with Crippen molar-refractivity contribution < 1.29 is 22.1 Å². The summed E-state index contributed by atoms with van der Waals surface area (Å²) in [5.41, 5.74) is -2.10. The van der Waals surface area contributed by atoms with Crippen LogP contribution in [0.15, 0.2) is 59.5 Å². The molecule has 2 aromatic rings. The van der Waals surface area contributed by atoms with Gasteiger partial charge in [-0.1, -0.05) is 30.3 Å². The number of nitro benzene ring substituents is 1. The molecule has 0 amide bonds. The second kappa shape index (κ2) is 5.21. The first-order chi connectivity index (χ1) is 9.78. The first-order valence-electron chi connectivity index (χ1n) is 5.70. The molecule has 5 nitrogen and oxygen atoms in total. The highest BCUT2D eigenvalue weighted by molar-refractivity contribution is 7.92. The Labute approximate surface area is 118 Å². The fraction of sp³-hybridized carbons (Fsp3) is 0.0769. The van der Waals surface area contributed by atoms with Gasteiger partial charge in [-0.3, -0.25) is 10.1 Å². The first-order valence-corrected chi connectivity index (χ1v) is 7.18. The molecule has 0 aliphatic heterocycles.